The van der Waals surface area contributed by atoms with E-state index in [1.165, 1.54) is 0 Å². The number of thioether (sulfide) groups is 1. The molecule has 0 radical (unpaired) electrons. The van der Waals surface area contributed by atoms with Crippen molar-refractivity contribution in [3.05, 3.63) is 19.3 Å². The molecule has 0 bridgehead atoms. The third-order valence-corrected chi connectivity index (χ3v) is 4.06. The van der Waals surface area contributed by atoms with Gasteiger partial charge in [-0.2, -0.15) is 16.9 Å². The zero-order valence-corrected chi connectivity index (χ0v) is 10.8. The molecule has 1 aromatic rings. The first-order chi connectivity index (χ1) is 6.59. The molecule has 0 spiro atoms. The van der Waals surface area contributed by atoms with Crippen LogP contribution in [0.4, 0.5) is 5.69 Å². The fourth-order valence-corrected chi connectivity index (χ4v) is 2.88. The van der Waals surface area contributed by atoms with Crippen molar-refractivity contribution in [1.82, 2.24) is 9.78 Å². The number of nitrogens with zero attached hydrogens (tertiary/aromatic N) is 3. The highest BCUT2D eigenvalue weighted by Crippen LogP contribution is 2.36. The minimum absolute atomic E-state index is 0.00403. The first-order valence-electron chi connectivity index (χ1n) is 3.77. The topological polar surface area (TPSA) is 61.0 Å². The molecule has 1 aliphatic rings. The van der Waals surface area contributed by atoms with Crippen LogP contribution < -0.4 is 0 Å². The Hall–Kier alpha value is -0.0800. The van der Waals surface area contributed by atoms with Crippen LogP contribution in [-0.4, -0.2) is 25.7 Å². The number of halogens is 2. The van der Waals surface area contributed by atoms with Crippen LogP contribution in [0.15, 0.2) is 9.21 Å². The zero-order valence-electron chi connectivity index (χ0n) is 6.81. The molecule has 76 valence electrons. The number of nitro groups is 1. The van der Waals surface area contributed by atoms with E-state index >= 15 is 0 Å². The molecular formula is C6H5Br2N3O2S. The molecule has 0 aromatic carbocycles. The van der Waals surface area contributed by atoms with Crippen molar-refractivity contribution >= 4 is 49.3 Å². The smallest absolute Gasteiger partial charge is 0.258 e. The van der Waals surface area contributed by atoms with Crippen LogP contribution in [0.3, 0.4) is 0 Å². The maximum absolute atomic E-state index is 10.6. The van der Waals surface area contributed by atoms with Gasteiger partial charge in [0.15, 0.2) is 4.60 Å². The molecule has 1 fully saturated rings. The standard InChI is InChI=1S/C6H5Br2N3O2S/c7-5-4(11(12)13)6(8)10(9-5)1-3-2-14-3/h3H,1-2H2. The maximum atomic E-state index is 10.6. The summed E-state index contributed by atoms with van der Waals surface area (Å²) >= 11 is 8.08. The van der Waals surface area contributed by atoms with Gasteiger partial charge < -0.3 is 0 Å². The zero-order chi connectivity index (χ0) is 10.3. The average Bonchev–Trinajstić information content (AvgIpc) is 2.81. The van der Waals surface area contributed by atoms with Crippen molar-refractivity contribution in [3.8, 4) is 0 Å². The summed E-state index contributed by atoms with van der Waals surface area (Å²) in [5, 5.41) is 15.2. The van der Waals surface area contributed by atoms with Crippen LogP contribution >= 0.6 is 43.6 Å². The Kier molecular flexibility index (Phi) is 2.85. The van der Waals surface area contributed by atoms with Gasteiger partial charge in [-0.05, 0) is 31.9 Å². The largest absolute Gasteiger partial charge is 0.335 e. The highest BCUT2D eigenvalue weighted by molar-refractivity contribution is 9.11. The molecule has 2 heterocycles. The van der Waals surface area contributed by atoms with Crippen LogP contribution in [0.25, 0.3) is 0 Å². The van der Waals surface area contributed by atoms with E-state index in [0.29, 0.717) is 9.85 Å². The summed E-state index contributed by atoms with van der Waals surface area (Å²) in [7, 11) is 0. The van der Waals surface area contributed by atoms with Crippen LogP contribution in [0, 0.1) is 10.1 Å². The second kappa shape index (κ2) is 3.82. The third-order valence-electron chi connectivity index (χ3n) is 1.79. The summed E-state index contributed by atoms with van der Waals surface area (Å²) in [6, 6.07) is 0. The normalized spacial score (nSPS) is 19.7. The van der Waals surface area contributed by atoms with E-state index in [0.717, 1.165) is 12.3 Å². The number of hydrogen-bond acceptors (Lipinski definition) is 4. The molecule has 8 heteroatoms. The summed E-state index contributed by atoms with van der Waals surface area (Å²) in [6.07, 6.45) is 0. The fourth-order valence-electron chi connectivity index (χ4n) is 1.04. The van der Waals surface area contributed by atoms with Crippen molar-refractivity contribution < 1.29 is 4.92 Å². The van der Waals surface area contributed by atoms with Crippen LogP contribution in [0.5, 0.6) is 0 Å². The lowest BCUT2D eigenvalue weighted by atomic mass is 10.5. The molecule has 2 rings (SSSR count). The van der Waals surface area contributed by atoms with Gasteiger partial charge in [0.05, 0.1) is 11.5 Å². The summed E-state index contributed by atoms with van der Waals surface area (Å²) in [5.41, 5.74) is -0.00403. The maximum Gasteiger partial charge on any atom is 0.335 e. The van der Waals surface area contributed by atoms with Crippen molar-refractivity contribution in [3.63, 3.8) is 0 Å². The van der Waals surface area contributed by atoms with Crippen molar-refractivity contribution in [2.24, 2.45) is 0 Å². The van der Waals surface area contributed by atoms with Gasteiger partial charge in [-0.15, -0.1) is 0 Å². The van der Waals surface area contributed by atoms with Crippen molar-refractivity contribution in [1.29, 1.82) is 0 Å². The first-order valence-corrected chi connectivity index (χ1v) is 6.41. The van der Waals surface area contributed by atoms with E-state index in [1.54, 1.807) is 4.68 Å². The molecule has 0 saturated carbocycles. The molecule has 1 unspecified atom stereocenters. The van der Waals surface area contributed by atoms with Crippen LogP contribution in [0.2, 0.25) is 0 Å². The lowest BCUT2D eigenvalue weighted by molar-refractivity contribution is -0.386. The molecule has 1 saturated heterocycles. The average molecular weight is 343 g/mol. The van der Waals surface area contributed by atoms with E-state index in [2.05, 4.69) is 37.0 Å². The van der Waals surface area contributed by atoms with E-state index in [9.17, 15) is 10.1 Å². The summed E-state index contributed by atoms with van der Waals surface area (Å²) in [4.78, 5) is 10.2. The summed E-state index contributed by atoms with van der Waals surface area (Å²) in [6.45, 7) is 0.720. The van der Waals surface area contributed by atoms with E-state index < -0.39 is 4.92 Å². The SMILES string of the molecule is O=[N+]([O-])c1c(Br)nn(CC2CS2)c1Br. The molecule has 14 heavy (non-hydrogen) atoms. The molecular weight excluding hydrogens is 338 g/mol. The quantitative estimate of drug-likeness (QED) is 0.481. The highest BCUT2D eigenvalue weighted by Gasteiger charge is 2.29. The van der Waals surface area contributed by atoms with Gasteiger partial charge in [-0.25, -0.2) is 4.68 Å². The van der Waals surface area contributed by atoms with Crippen LogP contribution in [0.1, 0.15) is 0 Å². The molecule has 0 N–H and O–H groups in total. The van der Waals surface area contributed by atoms with Crippen molar-refractivity contribution in [2.75, 3.05) is 5.75 Å². The molecule has 1 atom stereocenters. The Labute approximate surface area is 101 Å². The Morgan fingerprint density at radius 2 is 2.36 bits per heavy atom. The third kappa shape index (κ3) is 1.96. The van der Waals surface area contributed by atoms with E-state index in [-0.39, 0.29) is 10.3 Å². The second-order valence-corrected chi connectivity index (χ2v) is 5.66. The highest BCUT2D eigenvalue weighted by atomic mass is 79.9. The Bertz CT molecular complexity index is 391. The Morgan fingerprint density at radius 1 is 1.71 bits per heavy atom. The lowest BCUT2D eigenvalue weighted by Crippen LogP contribution is -2.05. The van der Waals surface area contributed by atoms with E-state index in [4.69, 9.17) is 0 Å². The minimum Gasteiger partial charge on any atom is -0.258 e. The predicted molar refractivity (Wildman–Crippen MR) is 60.5 cm³/mol. The molecule has 1 aliphatic heterocycles. The van der Waals surface area contributed by atoms with Gasteiger partial charge in [0, 0.05) is 11.0 Å². The summed E-state index contributed by atoms with van der Waals surface area (Å²) < 4.78 is 2.33. The fraction of sp³-hybridized carbons (Fsp3) is 0.500. The number of rotatable bonds is 3. The summed E-state index contributed by atoms with van der Waals surface area (Å²) in [5.74, 6) is 1.11. The minimum atomic E-state index is -0.447. The predicted octanol–water partition coefficient (Wildman–Crippen LogP) is 2.43. The van der Waals surface area contributed by atoms with Gasteiger partial charge in [0.25, 0.3) is 0 Å². The Morgan fingerprint density at radius 3 is 2.79 bits per heavy atom. The van der Waals surface area contributed by atoms with Crippen LogP contribution in [-0.2, 0) is 6.54 Å². The van der Waals surface area contributed by atoms with Gasteiger partial charge in [0.2, 0.25) is 4.60 Å². The second-order valence-electron chi connectivity index (χ2n) is 2.82. The van der Waals surface area contributed by atoms with Crippen molar-refractivity contribution in [2.45, 2.75) is 11.8 Å². The number of aromatic nitrogens is 2. The van der Waals surface area contributed by atoms with Gasteiger partial charge in [-0.3, -0.25) is 10.1 Å². The first kappa shape index (κ1) is 10.4. The lowest BCUT2D eigenvalue weighted by Gasteiger charge is -1.97. The molecule has 0 amide bonds. The van der Waals surface area contributed by atoms with Gasteiger partial charge in [0.1, 0.15) is 0 Å². The Balaban J connectivity index is 2.32. The van der Waals surface area contributed by atoms with E-state index in [1.807, 2.05) is 11.8 Å². The molecule has 0 aliphatic carbocycles. The monoisotopic (exact) mass is 341 g/mol. The van der Waals surface area contributed by atoms with Gasteiger partial charge in [-0.1, -0.05) is 0 Å². The molecule has 5 nitrogen and oxygen atoms in total. The number of hydrogen-bond donors (Lipinski definition) is 0. The molecule has 1 aromatic heterocycles. The van der Waals surface area contributed by atoms with Gasteiger partial charge >= 0.3 is 5.69 Å².